The molecular formula is C8H16MoN2+. The van der Waals surface area contributed by atoms with E-state index in [9.17, 15) is 0 Å². The first kappa shape index (κ1) is 9.28. The summed E-state index contributed by atoms with van der Waals surface area (Å²) in [5.41, 5.74) is 0. The van der Waals surface area contributed by atoms with Crippen LogP contribution in [0.1, 0.15) is 19.8 Å². The quantitative estimate of drug-likeness (QED) is 0.670. The Morgan fingerprint density at radius 1 is 1.64 bits per heavy atom. The normalized spacial score (nSPS) is 29.8. The van der Waals surface area contributed by atoms with E-state index in [0.29, 0.717) is 0 Å². The third kappa shape index (κ3) is 2.61. The summed E-state index contributed by atoms with van der Waals surface area (Å²) in [6.07, 6.45) is 7.10. The summed E-state index contributed by atoms with van der Waals surface area (Å²) < 4.78 is 1.10. The molecule has 0 aliphatic carbocycles. The van der Waals surface area contributed by atoms with Gasteiger partial charge in [-0.25, -0.2) is 0 Å². The van der Waals surface area contributed by atoms with Gasteiger partial charge in [-0.05, 0) is 0 Å². The van der Waals surface area contributed by atoms with E-state index in [4.69, 9.17) is 0 Å². The van der Waals surface area contributed by atoms with E-state index in [1.54, 1.807) is 0 Å². The summed E-state index contributed by atoms with van der Waals surface area (Å²) >= 11 is 2.21. The molecule has 0 aromatic carbocycles. The van der Waals surface area contributed by atoms with Crippen LogP contribution in [0.4, 0.5) is 0 Å². The van der Waals surface area contributed by atoms with Crippen LogP contribution in [0.2, 0.25) is 0 Å². The van der Waals surface area contributed by atoms with E-state index in [1.807, 2.05) is 0 Å². The molecule has 63 valence electrons. The summed E-state index contributed by atoms with van der Waals surface area (Å²) in [6, 6.07) is 0. The predicted octanol–water partition coefficient (Wildman–Crippen LogP) is 1.44. The predicted molar refractivity (Wildman–Crippen MR) is 41.8 cm³/mol. The molecule has 0 saturated carbocycles. The van der Waals surface area contributed by atoms with Gasteiger partial charge in [0.25, 0.3) is 0 Å². The van der Waals surface area contributed by atoms with Gasteiger partial charge < -0.3 is 0 Å². The van der Waals surface area contributed by atoms with Gasteiger partial charge in [0.15, 0.2) is 0 Å². The molecule has 11 heavy (non-hydrogen) atoms. The van der Waals surface area contributed by atoms with Gasteiger partial charge in [0, 0.05) is 0 Å². The zero-order valence-electron chi connectivity index (χ0n) is 7.29. The zero-order chi connectivity index (χ0) is 8.32. The Morgan fingerprint density at radius 2 is 2.36 bits per heavy atom. The zero-order valence-corrected chi connectivity index (χ0v) is 9.29. The number of hydrogen-bond donors (Lipinski definition) is 0. The van der Waals surface area contributed by atoms with E-state index < -0.39 is 0 Å². The van der Waals surface area contributed by atoms with Crippen LogP contribution in [0.25, 0.3) is 0 Å². The summed E-state index contributed by atoms with van der Waals surface area (Å²) in [4.78, 5) is 2.25. The van der Waals surface area contributed by atoms with Crippen LogP contribution in [-0.4, -0.2) is 28.2 Å². The number of nitrogens with zero attached hydrogens (tertiary/aromatic N) is 2. The van der Waals surface area contributed by atoms with Crippen LogP contribution in [0, 0.1) is 0 Å². The summed E-state index contributed by atoms with van der Waals surface area (Å²) in [5, 5.41) is 0. The maximum atomic E-state index is 2.29. The van der Waals surface area contributed by atoms with Crippen LogP contribution in [0.15, 0.2) is 12.4 Å². The van der Waals surface area contributed by atoms with Crippen molar-refractivity contribution in [2.24, 2.45) is 0 Å². The molecule has 3 heteroatoms. The number of quaternary nitrogens is 1. The molecule has 1 unspecified atom stereocenters. The Kier molecular flexibility index (Phi) is 3.14. The Labute approximate surface area is 80.6 Å². The van der Waals surface area contributed by atoms with Gasteiger partial charge in [0.1, 0.15) is 0 Å². The van der Waals surface area contributed by atoms with Crippen molar-refractivity contribution in [3.63, 3.8) is 0 Å². The molecule has 1 aliphatic heterocycles. The first-order valence-corrected chi connectivity index (χ1v) is 5.03. The van der Waals surface area contributed by atoms with Gasteiger partial charge in [-0.3, -0.25) is 0 Å². The summed E-state index contributed by atoms with van der Waals surface area (Å²) in [5.74, 6) is 0. The van der Waals surface area contributed by atoms with Crippen molar-refractivity contribution in [1.29, 1.82) is 0 Å². The molecule has 0 aromatic rings. The second kappa shape index (κ2) is 3.73. The minimum absolute atomic E-state index is 1.10. The van der Waals surface area contributed by atoms with Crippen LogP contribution < -0.4 is 0 Å². The van der Waals surface area contributed by atoms with Crippen molar-refractivity contribution in [3.8, 4) is 0 Å². The number of unbranched alkanes of at least 4 members (excludes halogenated alkanes) is 1. The molecule has 0 bridgehead atoms. The Morgan fingerprint density at radius 3 is 2.82 bits per heavy atom. The van der Waals surface area contributed by atoms with E-state index in [1.165, 1.54) is 19.4 Å². The van der Waals surface area contributed by atoms with Gasteiger partial charge in [0.05, 0.1) is 0 Å². The van der Waals surface area contributed by atoms with Crippen molar-refractivity contribution in [3.05, 3.63) is 12.4 Å². The topological polar surface area (TPSA) is 3.24 Å². The minimum atomic E-state index is 1.10. The Balaban J connectivity index is 2.37. The molecule has 0 saturated heterocycles. The molecule has 0 radical (unpaired) electrons. The Hall–Kier alpha value is 0.188. The molecule has 1 rings (SSSR count). The van der Waals surface area contributed by atoms with Crippen LogP contribution in [-0.2, 0) is 20.1 Å². The summed E-state index contributed by atoms with van der Waals surface area (Å²) in [6.45, 7) is 4.67. The van der Waals surface area contributed by atoms with E-state index >= 15 is 0 Å². The molecule has 1 aliphatic rings. The molecule has 2 nitrogen and oxygen atoms in total. The second-order valence-corrected chi connectivity index (χ2v) is 5.01. The SMILES string of the molecule is CCCC[N+]1([Mo])C=CN(C)C1. The molecule has 1 heterocycles. The molecular weight excluding hydrogens is 220 g/mol. The fraction of sp³-hybridized carbons (Fsp3) is 0.750. The average Bonchev–Trinajstić information content (AvgIpc) is 2.28. The molecule has 0 spiro atoms. The summed E-state index contributed by atoms with van der Waals surface area (Å²) in [7, 11) is 2.13. The molecule has 0 N–H and O–H groups in total. The molecule has 1 atom stereocenters. The van der Waals surface area contributed by atoms with Crippen molar-refractivity contribution >= 4 is 0 Å². The fourth-order valence-electron chi connectivity index (χ4n) is 1.28. The van der Waals surface area contributed by atoms with Crippen molar-refractivity contribution in [1.82, 2.24) is 4.90 Å². The van der Waals surface area contributed by atoms with Gasteiger partial charge in [-0.2, -0.15) is 0 Å². The van der Waals surface area contributed by atoms with Gasteiger partial charge in [-0.1, -0.05) is 0 Å². The van der Waals surface area contributed by atoms with Crippen LogP contribution in [0.5, 0.6) is 0 Å². The number of rotatable bonds is 3. The number of hydrogen-bond acceptors (Lipinski definition) is 1. The third-order valence-electron chi connectivity index (χ3n) is 1.95. The van der Waals surface area contributed by atoms with Crippen molar-refractivity contribution in [2.45, 2.75) is 19.8 Å². The monoisotopic (exact) mass is 238 g/mol. The fourth-order valence-corrected chi connectivity index (χ4v) is 2.18. The van der Waals surface area contributed by atoms with E-state index in [2.05, 4.69) is 51.3 Å². The maximum absolute atomic E-state index is 2.29. The standard InChI is InChI=1S/C8H16N2.Mo/c1-3-4-5-10-7-6-9(2)8-10;/h6-7H,3-5,8H2,1-2H3;/q;+1. The molecule has 0 fully saturated rings. The third-order valence-corrected chi connectivity index (χ3v) is 2.98. The van der Waals surface area contributed by atoms with E-state index in [0.717, 1.165) is 9.71 Å². The van der Waals surface area contributed by atoms with Crippen LogP contribution in [0.3, 0.4) is 0 Å². The first-order chi connectivity index (χ1) is 5.16. The first-order valence-electron chi connectivity index (χ1n) is 4.14. The van der Waals surface area contributed by atoms with Gasteiger partial charge >= 0.3 is 80.4 Å². The molecule has 0 aromatic heterocycles. The second-order valence-electron chi connectivity index (χ2n) is 3.23. The Bertz CT molecular complexity index is 158. The molecule has 0 amide bonds. The van der Waals surface area contributed by atoms with Gasteiger partial charge in [0.2, 0.25) is 0 Å². The van der Waals surface area contributed by atoms with Crippen molar-refractivity contribution < 1.29 is 23.1 Å². The van der Waals surface area contributed by atoms with Gasteiger partial charge in [-0.15, -0.1) is 0 Å². The van der Waals surface area contributed by atoms with Crippen LogP contribution >= 0.6 is 0 Å². The average molecular weight is 236 g/mol. The van der Waals surface area contributed by atoms with Crippen molar-refractivity contribution in [2.75, 3.05) is 20.3 Å². The van der Waals surface area contributed by atoms with E-state index in [-0.39, 0.29) is 0 Å².